The van der Waals surface area contributed by atoms with Gasteiger partial charge in [0, 0.05) is 0 Å². The highest BCUT2D eigenvalue weighted by Gasteiger charge is 2.08. The Hall–Kier alpha value is -0.890. The molecule has 0 spiro atoms. The van der Waals surface area contributed by atoms with E-state index in [1.807, 2.05) is 0 Å². The van der Waals surface area contributed by atoms with E-state index in [2.05, 4.69) is 13.8 Å². The molecule has 78 valence electrons. The summed E-state index contributed by atoms with van der Waals surface area (Å²) in [5.74, 6) is 0.292. The first-order chi connectivity index (χ1) is 6.54. The maximum atomic E-state index is 13.3. The van der Waals surface area contributed by atoms with Gasteiger partial charge in [0.25, 0.3) is 0 Å². The third kappa shape index (κ3) is 2.55. The van der Waals surface area contributed by atoms with Crippen molar-refractivity contribution in [2.75, 3.05) is 0 Å². The molecule has 0 fully saturated rings. The van der Waals surface area contributed by atoms with Crippen LogP contribution in [0.2, 0.25) is 0 Å². The first-order valence-electron chi connectivity index (χ1n) is 4.93. The van der Waals surface area contributed by atoms with Gasteiger partial charge in [0.2, 0.25) is 0 Å². The summed E-state index contributed by atoms with van der Waals surface area (Å²) in [6.07, 6.45) is 0.813. The van der Waals surface area contributed by atoms with Crippen molar-refractivity contribution in [2.45, 2.75) is 33.8 Å². The van der Waals surface area contributed by atoms with Crippen LogP contribution in [0.1, 0.15) is 30.5 Å². The highest BCUT2D eigenvalue weighted by Crippen LogP contribution is 2.18. The van der Waals surface area contributed by atoms with E-state index < -0.39 is 0 Å². The SMILES string of the molecule is Cc1cc(CO)c(CC(C)C)cc1F. The van der Waals surface area contributed by atoms with Gasteiger partial charge in [-0.2, -0.15) is 0 Å². The second kappa shape index (κ2) is 4.56. The fourth-order valence-corrected chi connectivity index (χ4v) is 1.56. The van der Waals surface area contributed by atoms with Gasteiger partial charge in [-0.1, -0.05) is 19.9 Å². The van der Waals surface area contributed by atoms with Crippen molar-refractivity contribution in [3.8, 4) is 0 Å². The van der Waals surface area contributed by atoms with Crippen LogP contribution in [0.3, 0.4) is 0 Å². The molecule has 0 aromatic heterocycles. The summed E-state index contributed by atoms with van der Waals surface area (Å²) in [4.78, 5) is 0. The normalized spacial score (nSPS) is 11.0. The highest BCUT2D eigenvalue weighted by atomic mass is 19.1. The quantitative estimate of drug-likeness (QED) is 0.788. The van der Waals surface area contributed by atoms with Gasteiger partial charge in [0.1, 0.15) is 5.82 Å². The number of benzene rings is 1. The Bertz CT molecular complexity index is 318. The summed E-state index contributed by atoms with van der Waals surface area (Å²) in [7, 11) is 0. The minimum Gasteiger partial charge on any atom is -0.392 e. The molecule has 1 aromatic carbocycles. The molecule has 0 atom stereocenters. The van der Waals surface area contributed by atoms with Crippen LogP contribution in [0.5, 0.6) is 0 Å². The van der Waals surface area contributed by atoms with Crippen LogP contribution < -0.4 is 0 Å². The van der Waals surface area contributed by atoms with Gasteiger partial charge in [0.05, 0.1) is 6.61 Å². The van der Waals surface area contributed by atoms with Crippen molar-refractivity contribution >= 4 is 0 Å². The number of aryl methyl sites for hydroxylation is 1. The van der Waals surface area contributed by atoms with E-state index in [0.29, 0.717) is 11.5 Å². The van der Waals surface area contributed by atoms with E-state index in [1.54, 1.807) is 19.1 Å². The van der Waals surface area contributed by atoms with E-state index >= 15 is 0 Å². The molecule has 14 heavy (non-hydrogen) atoms. The lowest BCUT2D eigenvalue weighted by molar-refractivity contribution is 0.280. The molecule has 0 aliphatic carbocycles. The summed E-state index contributed by atoms with van der Waals surface area (Å²) in [6.45, 7) is 5.87. The number of hydrogen-bond acceptors (Lipinski definition) is 1. The third-order valence-electron chi connectivity index (χ3n) is 2.28. The van der Waals surface area contributed by atoms with E-state index in [4.69, 9.17) is 5.11 Å². The molecule has 0 unspecified atom stereocenters. The summed E-state index contributed by atoms with van der Waals surface area (Å²) in [6, 6.07) is 3.27. The first kappa shape index (κ1) is 11.2. The molecular formula is C12H17FO. The van der Waals surface area contributed by atoms with Crippen molar-refractivity contribution in [2.24, 2.45) is 5.92 Å². The number of hydrogen-bond donors (Lipinski definition) is 1. The molecular weight excluding hydrogens is 179 g/mol. The smallest absolute Gasteiger partial charge is 0.126 e. The molecule has 0 bridgehead atoms. The number of rotatable bonds is 3. The topological polar surface area (TPSA) is 20.2 Å². The van der Waals surface area contributed by atoms with Gasteiger partial charge in [0.15, 0.2) is 0 Å². The fraction of sp³-hybridized carbons (Fsp3) is 0.500. The minimum atomic E-state index is -0.183. The zero-order valence-electron chi connectivity index (χ0n) is 8.97. The van der Waals surface area contributed by atoms with Crippen molar-refractivity contribution in [1.82, 2.24) is 0 Å². The van der Waals surface area contributed by atoms with Crippen molar-refractivity contribution < 1.29 is 9.50 Å². The van der Waals surface area contributed by atoms with Gasteiger partial charge in [-0.3, -0.25) is 0 Å². The van der Waals surface area contributed by atoms with Crippen LogP contribution >= 0.6 is 0 Å². The summed E-state index contributed by atoms with van der Waals surface area (Å²) < 4.78 is 13.3. The van der Waals surface area contributed by atoms with E-state index in [-0.39, 0.29) is 12.4 Å². The van der Waals surface area contributed by atoms with Crippen molar-refractivity contribution in [3.05, 3.63) is 34.6 Å². The number of aliphatic hydroxyl groups is 1. The molecule has 0 aliphatic rings. The van der Waals surface area contributed by atoms with Crippen molar-refractivity contribution in [3.63, 3.8) is 0 Å². The lowest BCUT2D eigenvalue weighted by Gasteiger charge is -2.11. The van der Waals surface area contributed by atoms with Gasteiger partial charge in [-0.15, -0.1) is 0 Å². The van der Waals surface area contributed by atoms with Gasteiger partial charge in [-0.25, -0.2) is 4.39 Å². The van der Waals surface area contributed by atoms with Gasteiger partial charge >= 0.3 is 0 Å². The minimum absolute atomic E-state index is 0.0107. The van der Waals surface area contributed by atoms with Gasteiger partial charge in [-0.05, 0) is 42.0 Å². The highest BCUT2D eigenvalue weighted by molar-refractivity contribution is 5.32. The molecule has 0 heterocycles. The fourth-order valence-electron chi connectivity index (χ4n) is 1.56. The predicted molar refractivity (Wildman–Crippen MR) is 55.6 cm³/mol. The summed E-state index contributed by atoms with van der Waals surface area (Å²) in [5, 5.41) is 9.12. The molecule has 0 aliphatic heterocycles. The summed E-state index contributed by atoms with van der Waals surface area (Å²) in [5.41, 5.74) is 2.37. The van der Waals surface area contributed by atoms with E-state index in [0.717, 1.165) is 17.5 Å². The molecule has 1 rings (SSSR count). The Morgan fingerprint density at radius 3 is 2.43 bits per heavy atom. The van der Waals surface area contributed by atoms with Crippen LogP contribution in [0.15, 0.2) is 12.1 Å². The van der Waals surface area contributed by atoms with Crippen LogP contribution in [0.25, 0.3) is 0 Å². The van der Waals surface area contributed by atoms with Crippen LogP contribution in [-0.2, 0) is 13.0 Å². The zero-order valence-corrected chi connectivity index (χ0v) is 8.97. The average molecular weight is 196 g/mol. The molecule has 1 nitrogen and oxygen atoms in total. The first-order valence-corrected chi connectivity index (χ1v) is 4.93. The maximum Gasteiger partial charge on any atom is 0.126 e. The monoisotopic (exact) mass is 196 g/mol. The Morgan fingerprint density at radius 1 is 1.29 bits per heavy atom. The van der Waals surface area contributed by atoms with E-state index in [9.17, 15) is 4.39 Å². The Labute approximate surface area is 84.6 Å². The van der Waals surface area contributed by atoms with E-state index in [1.165, 1.54) is 0 Å². The molecule has 0 saturated carbocycles. The number of aliphatic hydroxyl groups excluding tert-OH is 1. The maximum absolute atomic E-state index is 13.3. The molecule has 0 amide bonds. The second-order valence-electron chi connectivity index (χ2n) is 4.13. The third-order valence-corrected chi connectivity index (χ3v) is 2.28. The summed E-state index contributed by atoms with van der Waals surface area (Å²) >= 11 is 0. The molecule has 0 radical (unpaired) electrons. The molecule has 2 heteroatoms. The van der Waals surface area contributed by atoms with Gasteiger partial charge < -0.3 is 5.11 Å². The molecule has 1 aromatic rings. The molecule has 1 N–H and O–H groups in total. The predicted octanol–water partition coefficient (Wildman–Crippen LogP) is 2.82. The largest absolute Gasteiger partial charge is 0.392 e. The lowest BCUT2D eigenvalue weighted by Crippen LogP contribution is -2.01. The van der Waals surface area contributed by atoms with Crippen LogP contribution in [0.4, 0.5) is 4.39 Å². The lowest BCUT2D eigenvalue weighted by atomic mass is 9.96. The average Bonchev–Trinajstić information content (AvgIpc) is 2.10. The standard InChI is InChI=1S/C12H17FO/c1-8(2)4-10-6-12(13)9(3)5-11(10)7-14/h5-6,8,14H,4,7H2,1-3H3. The Morgan fingerprint density at radius 2 is 1.93 bits per heavy atom. The van der Waals surface area contributed by atoms with Crippen LogP contribution in [-0.4, -0.2) is 5.11 Å². The van der Waals surface area contributed by atoms with Crippen LogP contribution in [0, 0.1) is 18.7 Å². The molecule has 0 saturated heterocycles. The zero-order chi connectivity index (χ0) is 10.7. The number of halogens is 1. The second-order valence-corrected chi connectivity index (χ2v) is 4.13. The van der Waals surface area contributed by atoms with Crippen molar-refractivity contribution in [1.29, 1.82) is 0 Å². The Kier molecular flexibility index (Phi) is 3.64. The Balaban J connectivity index is 3.07.